The second kappa shape index (κ2) is 6.02. The lowest BCUT2D eigenvalue weighted by Gasteiger charge is -2.26. The van der Waals surface area contributed by atoms with E-state index in [1.54, 1.807) is 11.3 Å². The summed E-state index contributed by atoms with van der Waals surface area (Å²) in [6.07, 6.45) is 8.13. The van der Waals surface area contributed by atoms with Crippen LogP contribution in [0.1, 0.15) is 62.1 Å². The van der Waals surface area contributed by atoms with Gasteiger partial charge in [0.2, 0.25) is 0 Å². The van der Waals surface area contributed by atoms with Crippen molar-refractivity contribution in [2.24, 2.45) is 5.73 Å². The standard InChI is InChI=1S/C14H25N3S/c1-10(15)13-11(2)16-14(18-13)17(3)12-8-6-4-5-7-9-12/h10,12H,4-9,15H2,1-3H3. The summed E-state index contributed by atoms with van der Waals surface area (Å²) in [5.74, 6) is 0. The van der Waals surface area contributed by atoms with Gasteiger partial charge in [-0.2, -0.15) is 0 Å². The zero-order chi connectivity index (χ0) is 13.1. The minimum atomic E-state index is 0.0961. The molecule has 1 heterocycles. The van der Waals surface area contributed by atoms with Crippen molar-refractivity contribution in [3.05, 3.63) is 10.6 Å². The summed E-state index contributed by atoms with van der Waals surface area (Å²) in [5, 5.41) is 1.15. The van der Waals surface area contributed by atoms with E-state index in [0.29, 0.717) is 6.04 Å². The molecule has 2 rings (SSSR count). The molecule has 0 aromatic carbocycles. The molecule has 4 heteroatoms. The van der Waals surface area contributed by atoms with E-state index in [0.717, 1.165) is 10.8 Å². The molecule has 1 aliphatic carbocycles. The fourth-order valence-corrected chi connectivity index (χ4v) is 3.82. The van der Waals surface area contributed by atoms with Crippen LogP contribution in [0.2, 0.25) is 0 Å². The van der Waals surface area contributed by atoms with Gasteiger partial charge in [-0.25, -0.2) is 4.98 Å². The van der Waals surface area contributed by atoms with Crippen molar-refractivity contribution in [3.8, 4) is 0 Å². The Morgan fingerprint density at radius 3 is 2.39 bits per heavy atom. The number of hydrogen-bond acceptors (Lipinski definition) is 4. The molecule has 3 nitrogen and oxygen atoms in total. The van der Waals surface area contributed by atoms with E-state index in [2.05, 4.69) is 18.9 Å². The molecule has 0 radical (unpaired) electrons. The Labute approximate surface area is 114 Å². The Kier molecular flexibility index (Phi) is 4.62. The Morgan fingerprint density at radius 1 is 1.28 bits per heavy atom. The molecule has 1 aliphatic rings. The normalized spacial score (nSPS) is 19.6. The van der Waals surface area contributed by atoms with Crippen LogP contribution < -0.4 is 10.6 Å². The van der Waals surface area contributed by atoms with Gasteiger partial charge in [-0.05, 0) is 26.7 Å². The van der Waals surface area contributed by atoms with Gasteiger partial charge in [0.05, 0.1) is 5.69 Å². The van der Waals surface area contributed by atoms with Crippen molar-refractivity contribution in [1.82, 2.24) is 4.98 Å². The van der Waals surface area contributed by atoms with Crippen LogP contribution in [0.4, 0.5) is 5.13 Å². The van der Waals surface area contributed by atoms with Crippen molar-refractivity contribution >= 4 is 16.5 Å². The average Bonchev–Trinajstić information content (AvgIpc) is 2.56. The molecule has 0 aliphatic heterocycles. The summed E-state index contributed by atoms with van der Waals surface area (Å²) in [4.78, 5) is 8.31. The van der Waals surface area contributed by atoms with Crippen LogP contribution in [-0.2, 0) is 0 Å². The van der Waals surface area contributed by atoms with Crippen LogP contribution in [0.5, 0.6) is 0 Å². The van der Waals surface area contributed by atoms with E-state index in [-0.39, 0.29) is 6.04 Å². The lowest BCUT2D eigenvalue weighted by atomic mass is 10.1. The summed E-state index contributed by atoms with van der Waals surface area (Å²) in [5.41, 5.74) is 7.09. The maximum absolute atomic E-state index is 5.98. The second-order valence-corrected chi connectivity index (χ2v) is 6.50. The highest BCUT2D eigenvalue weighted by Crippen LogP contribution is 2.32. The van der Waals surface area contributed by atoms with E-state index >= 15 is 0 Å². The second-order valence-electron chi connectivity index (χ2n) is 5.49. The van der Waals surface area contributed by atoms with Crippen LogP contribution in [0, 0.1) is 6.92 Å². The molecule has 0 saturated heterocycles. The van der Waals surface area contributed by atoms with E-state index < -0.39 is 0 Å². The third-order valence-electron chi connectivity index (χ3n) is 3.91. The summed E-state index contributed by atoms with van der Waals surface area (Å²) >= 11 is 1.77. The third kappa shape index (κ3) is 3.04. The molecule has 1 unspecified atom stereocenters. The van der Waals surface area contributed by atoms with Gasteiger partial charge in [0.1, 0.15) is 0 Å². The predicted octanol–water partition coefficient (Wildman–Crippen LogP) is 3.63. The fourth-order valence-electron chi connectivity index (χ4n) is 2.77. The molecule has 1 saturated carbocycles. The van der Waals surface area contributed by atoms with Gasteiger partial charge in [-0.15, -0.1) is 11.3 Å². The van der Waals surface area contributed by atoms with Crippen LogP contribution in [-0.4, -0.2) is 18.1 Å². The number of rotatable bonds is 3. The molecular formula is C14H25N3S. The van der Waals surface area contributed by atoms with Crippen molar-refractivity contribution < 1.29 is 0 Å². The zero-order valence-electron chi connectivity index (χ0n) is 11.8. The molecule has 2 N–H and O–H groups in total. The first-order chi connectivity index (χ1) is 8.59. The fraction of sp³-hybridized carbons (Fsp3) is 0.786. The molecular weight excluding hydrogens is 242 g/mol. The van der Waals surface area contributed by atoms with Gasteiger partial charge >= 0.3 is 0 Å². The minimum Gasteiger partial charge on any atom is -0.348 e. The van der Waals surface area contributed by atoms with Crippen LogP contribution in [0.3, 0.4) is 0 Å². The van der Waals surface area contributed by atoms with Gasteiger partial charge in [-0.1, -0.05) is 25.7 Å². The first-order valence-corrected chi connectivity index (χ1v) is 7.87. The topological polar surface area (TPSA) is 42.2 Å². The summed E-state index contributed by atoms with van der Waals surface area (Å²) in [6.45, 7) is 4.11. The number of aryl methyl sites for hydroxylation is 1. The van der Waals surface area contributed by atoms with Gasteiger partial charge in [0, 0.05) is 24.0 Å². The maximum Gasteiger partial charge on any atom is 0.185 e. The Morgan fingerprint density at radius 2 is 1.89 bits per heavy atom. The largest absolute Gasteiger partial charge is 0.348 e. The van der Waals surface area contributed by atoms with E-state index in [1.165, 1.54) is 43.4 Å². The first-order valence-electron chi connectivity index (χ1n) is 7.05. The molecule has 1 atom stereocenters. The van der Waals surface area contributed by atoms with Gasteiger partial charge in [-0.3, -0.25) is 0 Å². The van der Waals surface area contributed by atoms with Crippen LogP contribution >= 0.6 is 11.3 Å². The molecule has 0 spiro atoms. The third-order valence-corrected chi connectivity index (χ3v) is 5.36. The molecule has 18 heavy (non-hydrogen) atoms. The maximum atomic E-state index is 5.98. The smallest absolute Gasteiger partial charge is 0.185 e. The van der Waals surface area contributed by atoms with Crippen molar-refractivity contribution in [2.45, 2.75) is 64.5 Å². The quantitative estimate of drug-likeness (QED) is 0.850. The molecule has 1 aromatic rings. The van der Waals surface area contributed by atoms with E-state index in [4.69, 9.17) is 10.7 Å². The number of anilines is 1. The van der Waals surface area contributed by atoms with E-state index in [9.17, 15) is 0 Å². The highest BCUT2D eigenvalue weighted by Gasteiger charge is 2.21. The van der Waals surface area contributed by atoms with Gasteiger partial charge in [0.25, 0.3) is 0 Å². The molecule has 102 valence electrons. The van der Waals surface area contributed by atoms with Crippen molar-refractivity contribution in [1.29, 1.82) is 0 Å². The molecule has 1 aromatic heterocycles. The molecule has 0 bridgehead atoms. The number of hydrogen-bond donors (Lipinski definition) is 1. The van der Waals surface area contributed by atoms with Gasteiger partial charge < -0.3 is 10.6 Å². The van der Waals surface area contributed by atoms with Crippen LogP contribution in [0.15, 0.2) is 0 Å². The lowest BCUT2D eigenvalue weighted by molar-refractivity contribution is 0.552. The van der Waals surface area contributed by atoms with Crippen molar-refractivity contribution in [3.63, 3.8) is 0 Å². The Balaban J connectivity index is 2.12. The molecule has 1 fully saturated rings. The predicted molar refractivity (Wildman–Crippen MR) is 79.3 cm³/mol. The number of aromatic nitrogens is 1. The first kappa shape index (κ1) is 13.8. The van der Waals surface area contributed by atoms with Crippen LogP contribution in [0.25, 0.3) is 0 Å². The van der Waals surface area contributed by atoms with E-state index in [1.807, 2.05) is 6.92 Å². The zero-order valence-corrected chi connectivity index (χ0v) is 12.6. The number of nitrogens with two attached hydrogens (primary N) is 1. The lowest BCUT2D eigenvalue weighted by Crippen LogP contribution is -2.30. The number of thiazole rings is 1. The Bertz CT molecular complexity index is 378. The molecule has 0 amide bonds. The average molecular weight is 267 g/mol. The highest BCUT2D eigenvalue weighted by molar-refractivity contribution is 7.15. The highest BCUT2D eigenvalue weighted by atomic mass is 32.1. The Hall–Kier alpha value is -0.610. The monoisotopic (exact) mass is 267 g/mol. The minimum absolute atomic E-state index is 0.0961. The number of nitrogens with zero attached hydrogens (tertiary/aromatic N) is 2. The summed E-state index contributed by atoms with van der Waals surface area (Å²) in [7, 11) is 2.19. The van der Waals surface area contributed by atoms with Crippen molar-refractivity contribution in [2.75, 3.05) is 11.9 Å². The van der Waals surface area contributed by atoms with Gasteiger partial charge in [0.15, 0.2) is 5.13 Å². The summed E-state index contributed by atoms with van der Waals surface area (Å²) in [6, 6.07) is 0.762. The SMILES string of the molecule is Cc1nc(N(C)C2CCCCCC2)sc1C(C)N. The summed E-state index contributed by atoms with van der Waals surface area (Å²) < 4.78 is 0.